The van der Waals surface area contributed by atoms with Gasteiger partial charge in [0.25, 0.3) is 0 Å². The summed E-state index contributed by atoms with van der Waals surface area (Å²) >= 11 is 3.62. The molecule has 0 saturated carbocycles. The van der Waals surface area contributed by atoms with Crippen LogP contribution >= 0.6 is 15.9 Å². The molecule has 0 atom stereocenters. The Morgan fingerprint density at radius 1 is 1.19 bits per heavy atom. The van der Waals surface area contributed by atoms with Gasteiger partial charge in [-0.05, 0) is 47.0 Å². The Morgan fingerprint density at radius 2 is 1.81 bits per heavy atom. The molecule has 1 saturated heterocycles. The second-order valence-corrected chi connectivity index (χ2v) is 5.29. The van der Waals surface area contributed by atoms with Gasteiger partial charge in [-0.15, -0.1) is 0 Å². The van der Waals surface area contributed by atoms with Crippen molar-refractivity contribution in [3.8, 4) is 0 Å². The number of aryl methyl sites for hydroxylation is 2. The van der Waals surface area contributed by atoms with E-state index >= 15 is 0 Å². The lowest BCUT2D eigenvalue weighted by atomic mass is 10.1. The Labute approximate surface area is 105 Å². The largest absolute Gasteiger partial charge is 0.370 e. The number of nitrogens with zero attached hydrogens (tertiary/aromatic N) is 1. The first kappa shape index (κ1) is 11.6. The normalized spacial score (nSPS) is 16.7. The number of halogens is 1. The molecule has 2 rings (SSSR count). The monoisotopic (exact) mass is 281 g/mol. The molecule has 1 heterocycles. The summed E-state index contributed by atoms with van der Waals surface area (Å²) in [5.41, 5.74) is 3.79. The summed E-state index contributed by atoms with van der Waals surface area (Å²) in [6.45, 7) is 5.92. The summed E-state index contributed by atoms with van der Waals surface area (Å²) in [6.07, 6.45) is 1.36. The van der Waals surface area contributed by atoms with Crippen molar-refractivity contribution in [3.63, 3.8) is 0 Å². The van der Waals surface area contributed by atoms with Gasteiger partial charge in [-0.1, -0.05) is 6.07 Å². The lowest BCUT2D eigenvalue weighted by molar-refractivity contribution is -0.119. The minimum absolute atomic E-state index is 0.386. The van der Waals surface area contributed by atoms with Crippen molar-refractivity contribution < 1.29 is 4.79 Å². The molecular weight excluding hydrogens is 266 g/mol. The molecule has 0 amide bonds. The van der Waals surface area contributed by atoms with Crippen LogP contribution in [0.1, 0.15) is 24.0 Å². The van der Waals surface area contributed by atoms with E-state index in [4.69, 9.17) is 0 Å². The Bertz CT molecular complexity index is 395. The lowest BCUT2D eigenvalue weighted by Crippen LogP contribution is -2.34. The summed E-state index contributed by atoms with van der Waals surface area (Å²) in [5, 5.41) is 0. The fraction of sp³-hybridized carbons (Fsp3) is 0.462. The van der Waals surface area contributed by atoms with E-state index in [2.05, 4.69) is 46.8 Å². The van der Waals surface area contributed by atoms with Crippen LogP contribution in [0.15, 0.2) is 16.6 Å². The highest BCUT2D eigenvalue weighted by Gasteiger charge is 2.19. The maximum atomic E-state index is 11.2. The molecule has 0 N–H and O–H groups in total. The van der Waals surface area contributed by atoms with E-state index in [-0.39, 0.29) is 0 Å². The van der Waals surface area contributed by atoms with Gasteiger partial charge in [-0.25, -0.2) is 0 Å². The number of hydrogen-bond acceptors (Lipinski definition) is 2. The summed E-state index contributed by atoms with van der Waals surface area (Å²) in [5.74, 6) is 0.386. The molecule has 1 aromatic rings. The lowest BCUT2D eigenvalue weighted by Gasteiger charge is -2.30. The van der Waals surface area contributed by atoms with Crippen molar-refractivity contribution in [2.24, 2.45) is 0 Å². The van der Waals surface area contributed by atoms with E-state index in [1.54, 1.807) is 0 Å². The molecule has 0 aromatic heterocycles. The zero-order valence-corrected chi connectivity index (χ0v) is 11.3. The van der Waals surface area contributed by atoms with Crippen LogP contribution in [-0.4, -0.2) is 18.9 Å². The fourth-order valence-electron chi connectivity index (χ4n) is 2.29. The topological polar surface area (TPSA) is 20.3 Å². The first-order valence-corrected chi connectivity index (χ1v) is 6.40. The molecule has 1 aliphatic rings. The number of hydrogen-bond donors (Lipinski definition) is 0. The van der Waals surface area contributed by atoms with E-state index in [0.29, 0.717) is 18.6 Å². The molecule has 0 bridgehead atoms. The summed E-state index contributed by atoms with van der Waals surface area (Å²) in [4.78, 5) is 13.5. The highest BCUT2D eigenvalue weighted by Crippen LogP contribution is 2.32. The zero-order chi connectivity index (χ0) is 11.7. The molecule has 86 valence electrons. The highest BCUT2D eigenvalue weighted by molar-refractivity contribution is 9.10. The molecular formula is C13H16BrNO. The average molecular weight is 282 g/mol. The summed E-state index contributed by atoms with van der Waals surface area (Å²) < 4.78 is 1.14. The van der Waals surface area contributed by atoms with Crippen LogP contribution in [0.2, 0.25) is 0 Å². The van der Waals surface area contributed by atoms with E-state index in [1.807, 2.05) is 0 Å². The first-order chi connectivity index (χ1) is 7.58. The van der Waals surface area contributed by atoms with Crippen molar-refractivity contribution in [2.75, 3.05) is 18.0 Å². The van der Waals surface area contributed by atoms with Crippen molar-refractivity contribution in [1.29, 1.82) is 0 Å². The molecule has 1 fully saturated rings. The number of benzene rings is 1. The molecule has 0 spiro atoms. The molecule has 1 aromatic carbocycles. The predicted octanol–water partition coefficient (Wildman–Crippen LogP) is 3.24. The van der Waals surface area contributed by atoms with Gasteiger partial charge in [0.05, 0.1) is 5.69 Å². The molecule has 16 heavy (non-hydrogen) atoms. The maximum Gasteiger partial charge on any atom is 0.136 e. The Morgan fingerprint density at radius 3 is 2.38 bits per heavy atom. The van der Waals surface area contributed by atoms with Crippen molar-refractivity contribution in [2.45, 2.75) is 26.7 Å². The number of Topliss-reactive ketones (excluding diaryl/α,β-unsaturated/α-hetero) is 1. The van der Waals surface area contributed by atoms with Gasteiger partial charge in [-0.3, -0.25) is 4.79 Å². The van der Waals surface area contributed by atoms with Gasteiger partial charge in [0.15, 0.2) is 0 Å². The average Bonchev–Trinajstić information content (AvgIpc) is 2.19. The minimum Gasteiger partial charge on any atom is -0.370 e. The zero-order valence-electron chi connectivity index (χ0n) is 9.72. The number of anilines is 1. The van der Waals surface area contributed by atoms with Gasteiger partial charge < -0.3 is 4.90 Å². The van der Waals surface area contributed by atoms with Crippen molar-refractivity contribution in [3.05, 3.63) is 27.7 Å². The number of rotatable bonds is 1. The van der Waals surface area contributed by atoms with E-state index < -0.39 is 0 Å². The molecule has 3 heteroatoms. The molecule has 0 unspecified atom stereocenters. The van der Waals surface area contributed by atoms with Crippen molar-refractivity contribution in [1.82, 2.24) is 0 Å². The van der Waals surface area contributed by atoms with Crippen molar-refractivity contribution >= 4 is 27.4 Å². The Hall–Kier alpha value is -0.830. The Balaban J connectivity index is 2.30. The van der Waals surface area contributed by atoms with Crippen LogP contribution in [-0.2, 0) is 4.79 Å². The third kappa shape index (κ3) is 2.29. The SMILES string of the molecule is Cc1cc(C)c(N2CCC(=O)CC2)c(Br)c1. The van der Waals surface area contributed by atoms with Crippen LogP contribution in [0.5, 0.6) is 0 Å². The maximum absolute atomic E-state index is 11.2. The van der Waals surface area contributed by atoms with E-state index in [0.717, 1.165) is 17.6 Å². The number of ketones is 1. The molecule has 0 aliphatic carbocycles. The standard InChI is InChI=1S/C13H16BrNO/c1-9-7-10(2)13(12(14)8-9)15-5-3-11(16)4-6-15/h7-8H,3-6H2,1-2H3. The van der Waals surface area contributed by atoms with Crippen LogP contribution in [0.25, 0.3) is 0 Å². The van der Waals surface area contributed by atoms with E-state index in [9.17, 15) is 4.79 Å². The van der Waals surface area contributed by atoms with Gasteiger partial charge in [0, 0.05) is 30.4 Å². The second-order valence-electron chi connectivity index (χ2n) is 4.44. The van der Waals surface area contributed by atoms with Crippen LogP contribution in [0.3, 0.4) is 0 Å². The van der Waals surface area contributed by atoms with Gasteiger partial charge in [-0.2, -0.15) is 0 Å². The summed E-state index contributed by atoms with van der Waals surface area (Å²) in [6, 6.07) is 4.33. The first-order valence-electron chi connectivity index (χ1n) is 5.61. The van der Waals surface area contributed by atoms with E-state index in [1.165, 1.54) is 16.8 Å². The fourth-order valence-corrected chi connectivity index (χ4v) is 3.21. The number of carbonyl (C=O) groups excluding carboxylic acids is 1. The third-order valence-corrected chi connectivity index (χ3v) is 3.64. The van der Waals surface area contributed by atoms with Crippen LogP contribution in [0, 0.1) is 13.8 Å². The highest BCUT2D eigenvalue weighted by atomic mass is 79.9. The Kier molecular flexibility index (Phi) is 3.33. The molecule has 2 nitrogen and oxygen atoms in total. The van der Waals surface area contributed by atoms with Gasteiger partial charge in [0.2, 0.25) is 0 Å². The molecule has 1 aliphatic heterocycles. The van der Waals surface area contributed by atoms with Gasteiger partial charge >= 0.3 is 0 Å². The van der Waals surface area contributed by atoms with Crippen LogP contribution < -0.4 is 4.90 Å². The summed E-state index contributed by atoms with van der Waals surface area (Å²) in [7, 11) is 0. The minimum atomic E-state index is 0.386. The quantitative estimate of drug-likeness (QED) is 0.788. The third-order valence-electron chi connectivity index (χ3n) is 3.04. The smallest absolute Gasteiger partial charge is 0.136 e. The van der Waals surface area contributed by atoms with Crippen LogP contribution in [0.4, 0.5) is 5.69 Å². The predicted molar refractivity (Wildman–Crippen MR) is 70.1 cm³/mol. The second kappa shape index (κ2) is 4.58. The molecule has 0 radical (unpaired) electrons. The van der Waals surface area contributed by atoms with Gasteiger partial charge in [0.1, 0.15) is 5.78 Å². The number of piperidine rings is 1. The number of carbonyl (C=O) groups is 1.